The Balaban J connectivity index is 1.83. The van der Waals surface area contributed by atoms with Crippen LogP contribution in [0.25, 0.3) is 0 Å². The second-order valence-electron chi connectivity index (χ2n) is 6.33. The van der Waals surface area contributed by atoms with Gasteiger partial charge in [0, 0.05) is 18.7 Å². The average molecular weight is 354 g/mol. The zero-order valence-electron chi connectivity index (χ0n) is 15.6. The van der Waals surface area contributed by atoms with Crippen molar-refractivity contribution >= 4 is 17.5 Å². The number of anilines is 1. The fraction of sp³-hybridized carbons (Fsp3) is 0.333. The zero-order valence-corrected chi connectivity index (χ0v) is 15.6. The molecule has 2 amide bonds. The Morgan fingerprint density at radius 1 is 1.04 bits per heavy atom. The van der Waals surface area contributed by atoms with E-state index in [1.807, 2.05) is 63.2 Å². The van der Waals surface area contributed by atoms with Crippen molar-refractivity contribution in [2.24, 2.45) is 0 Å². The van der Waals surface area contributed by atoms with Gasteiger partial charge in [-0.2, -0.15) is 0 Å². The molecule has 0 aromatic heterocycles. The number of benzene rings is 2. The van der Waals surface area contributed by atoms with E-state index in [-0.39, 0.29) is 18.4 Å². The predicted molar refractivity (Wildman–Crippen MR) is 103 cm³/mol. The normalized spacial score (nSPS) is 10.3. The van der Waals surface area contributed by atoms with Gasteiger partial charge in [0.15, 0.2) is 6.61 Å². The Hall–Kier alpha value is -2.82. The molecule has 0 unspecified atom stereocenters. The summed E-state index contributed by atoms with van der Waals surface area (Å²) in [6, 6.07) is 13.4. The van der Waals surface area contributed by atoms with Crippen LogP contribution in [0.3, 0.4) is 0 Å². The summed E-state index contributed by atoms with van der Waals surface area (Å²) in [5, 5.41) is 5.69. The maximum atomic E-state index is 12.0. The number of carbonyl (C=O) groups is 2. The lowest BCUT2D eigenvalue weighted by atomic mass is 10.1. The van der Waals surface area contributed by atoms with Crippen LogP contribution in [-0.4, -0.2) is 18.4 Å². The van der Waals surface area contributed by atoms with Crippen LogP contribution in [0.2, 0.25) is 0 Å². The standard InChI is InChI=1S/C21H26N2O3/c1-4-6-20(24)23-18-8-5-7-17(12-18)13-22-21(25)14-26-19-11-15(2)9-10-16(19)3/h5,7-12H,4,6,13-14H2,1-3H3,(H,22,25)(H,23,24). The second-order valence-corrected chi connectivity index (χ2v) is 6.33. The SMILES string of the molecule is CCCC(=O)Nc1cccc(CNC(=O)COc2cc(C)ccc2C)c1. The summed E-state index contributed by atoms with van der Waals surface area (Å²) in [7, 11) is 0. The predicted octanol–water partition coefficient (Wildman–Crippen LogP) is 3.74. The van der Waals surface area contributed by atoms with Crippen molar-refractivity contribution in [3.8, 4) is 5.75 Å². The van der Waals surface area contributed by atoms with E-state index in [0.29, 0.717) is 13.0 Å². The lowest BCUT2D eigenvalue weighted by Gasteiger charge is -2.11. The Morgan fingerprint density at radius 2 is 1.85 bits per heavy atom. The molecular weight excluding hydrogens is 328 g/mol. The Labute approximate surface area is 154 Å². The van der Waals surface area contributed by atoms with Gasteiger partial charge in [-0.05, 0) is 55.2 Å². The largest absolute Gasteiger partial charge is 0.483 e. The Morgan fingerprint density at radius 3 is 2.62 bits per heavy atom. The number of hydrogen-bond acceptors (Lipinski definition) is 3. The average Bonchev–Trinajstić information content (AvgIpc) is 2.61. The molecule has 0 aliphatic carbocycles. The van der Waals surface area contributed by atoms with E-state index < -0.39 is 0 Å². The van der Waals surface area contributed by atoms with Crippen LogP contribution in [0.4, 0.5) is 5.69 Å². The van der Waals surface area contributed by atoms with Gasteiger partial charge in [-0.1, -0.05) is 31.2 Å². The van der Waals surface area contributed by atoms with Gasteiger partial charge in [0.25, 0.3) is 5.91 Å². The summed E-state index contributed by atoms with van der Waals surface area (Å²) in [5.41, 5.74) is 3.74. The second kappa shape index (κ2) is 9.61. The van der Waals surface area contributed by atoms with Gasteiger partial charge in [-0.15, -0.1) is 0 Å². The van der Waals surface area contributed by atoms with Crippen molar-refractivity contribution in [3.63, 3.8) is 0 Å². The quantitative estimate of drug-likeness (QED) is 0.759. The zero-order chi connectivity index (χ0) is 18.9. The van der Waals surface area contributed by atoms with E-state index in [0.717, 1.165) is 34.5 Å². The molecule has 2 N–H and O–H groups in total. The van der Waals surface area contributed by atoms with E-state index in [4.69, 9.17) is 4.74 Å². The third-order valence-corrected chi connectivity index (χ3v) is 3.88. The topological polar surface area (TPSA) is 67.4 Å². The fourth-order valence-corrected chi connectivity index (χ4v) is 2.47. The molecule has 0 saturated heterocycles. The molecule has 2 rings (SSSR count). The third-order valence-electron chi connectivity index (χ3n) is 3.88. The number of ether oxygens (including phenoxy) is 1. The molecule has 0 heterocycles. The third kappa shape index (κ3) is 6.24. The Kier molecular flexibility index (Phi) is 7.21. The minimum atomic E-state index is -0.189. The van der Waals surface area contributed by atoms with Gasteiger partial charge in [-0.3, -0.25) is 9.59 Å². The molecule has 2 aromatic rings. The first kappa shape index (κ1) is 19.5. The highest BCUT2D eigenvalue weighted by Crippen LogP contribution is 2.18. The molecule has 0 atom stereocenters. The van der Waals surface area contributed by atoms with Crippen LogP contribution in [0.5, 0.6) is 5.75 Å². The molecule has 0 spiro atoms. The van der Waals surface area contributed by atoms with Gasteiger partial charge in [0.05, 0.1) is 0 Å². The van der Waals surface area contributed by atoms with Gasteiger partial charge in [-0.25, -0.2) is 0 Å². The smallest absolute Gasteiger partial charge is 0.258 e. The van der Waals surface area contributed by atoms with Crippen molar-refractivity contribution in [3.05, 3.63) is 59.2 Å². The minimum Gasteiger partial charge on any atom is -0.483 e. The molecule has 2 aromatic carbocycles. The van der Waals surface area contributed by atoms with Crippen molar-refractivity contribution in [1.29, 1.82) is 0 Å². The van der Waals surface area contributed by atoms with Gasteiger partial charge in [0.2, 0.25) is 5.91 Å². The molecule has 0 saturated carbocycles. The van der Waals surface area contributed by atoms with Gasteiger partial charge < -0.3 is 15.4 Å². The molecule has 26 heavy (non-hydrogen) atoms. The van der Waals surface area contributed by atoms with Crippen LogP contribution in [0.15, 0.2) is 42.5 Å². The van der Waals surface area contributed by atoms with Crippen molar-refractivity contribution in [2.45, 2.75) is 40.2 Å². The summed E-state index contributed by atoms with van der Waals surface area (Å²) in [4.78, 5) is 23.7. The van der Waals surface area contributed by atoms with Crippen molar-refractivity contribution in [2.75, 3.05) is 11.9 Å². The maximum Gasteiger partial charge on any atom is 0.258 e. The number of hydrogen-bond donors (Lipinski definition) is 2. The number of carbonyl (C=O) groups excluding carboxylic acids is 2. The molecule has 0 bridgehead atoms. The summed E-state index contributed by atoms with van der Waals surface area (Å²) >= 11 is 0. The summed E-state index contributed by atoms with van der Waals surface area (Å²) in [6.45, 7) is 6.25. The molecular formula is C21H26N2O3. The van der Waals surface area contributed by atoms with Gasteiger partial charge in [0.1, 0.15) is 5.75 Å². The summed E-state index contributed by atoms with van der Waals surface area (Å²) in [6.07, 6.45) is 1.30. The lowest BCUT2D eigenvalue weighted by molar-refractivity contribution is -0.123. The first-order chi connectivity index (χ1) is 12.5. The molecule has 0 aliphatic heterocycles. The van der Waals surface area contributed by atoms with Gasteiger partial charge >= 0.3 is 0 Å². The highest BCUT2D eigenvalue weighted by molar-refractivity contribution is 5.90. The number of nitrogens with one attached hydrogen (secondary N) is 2. The van der Waals surface area contributed by atoms with E-state index in [9.17, 15) is 9.59 Å². The highest BCUT2D eigenvalue weighted by atomic mass is 16.5. The highest BCUT2D eigenvalue weighted by Gasteiger charge is 2.06. The molecule has 0 fully saturated rings. The number of rotatable bonds is 8. The van der Waals surface area contributed by atoms with Crippen LogP contribution >= 0.6 is 0 Å². The molecule has 0 aliphatic rings. The van der Waals surface area contributed by atoms with Crippen molar-refractivity contribution < 1.29 is 14.3 Å². The summed E-state index contributed by atoms with van der Waals surface area (Å²) < 4.78 is 5.60. The molecule has 5 heteroatoms. The molecule has 138 valence electrons. The first-order valence-corrected chi connectivity index (χ1v) is 8.83. The van der Waals surface area contributed by atoms with E-state index in [2.05, 4.69) is 10.6 Å². The van der Waals surface area contributed by atoms with Crippen LogP contribution < -0.4 is 15.4 Å². The van der Waals surface area contributed by atoms with Crippen LogP contribution in [0, 0.1) is 13.8 Å². The fourth-order valence-electron chi connectivity index (χ4n) is 2.47. The van der Waals surface area contributed by atoms with Crippen molar-refractivity contribution in [1.82, 2.24) is 5.32 Å². The maximum absolute atomic E-state index is 12.0. The van der Waals surface area contributed by atoms with E-state index >= 15 is 0 Å². The molecule has 0 radical (unpaired) electrons. The van der Waals surface area contributed by atoms with Crippen LogP contribution in [0.1, 0.15) is 36.5 Å². The monoisotopic (exact) mass is 354 g/mol. The number of aryl methyl sites for hydroxylation is 2. The van der Waals surface area contributed by atoms with E-state index in [1.54, 1.807) is 0 Å². The number of amides is 2. The Bertz CT molecular complexity index is 772. The summed E-state index contributed by atoms with van der Waals surface area (Å²) in [5.74, 6) is 0.530. The lowest BCUT2D eigenvalue weighted by Crippen LogP contribution is -2.28. The van der Waals surface area contributed by atoms with Crippen LogP contribution in [-0.2, 0) is 16.1 Å². The molecule has 5 nitrogen and oxygen atoms in total. The minimum absolute atomic E-state index is 0.00406. The first-order valence-electron chi connectivity index (χ1n) is 8.83. The van der Waals surface area contributed by atoms with E-state index in [1.165, 1.54) is 0 Å².